The van der Waals surface area contributed by atoms with Crippen molar-refractivity contribution >= 4 is 60.2 Å². The van der Waals surface area contributed by atoms with Crippen LogP contribution in [0, 0.1) is 3.57 Å². The van der Waals surface area contributed by atoms with E-state index < -0.39 is 0 Å². The van der Waals surface area contributed by atoms with Gasteiger partial charge in [0, 0.05) is 13.6 Å². The van der Waals surface area contributed by atoms with E-state index in [-0.39, 0.29) is 5.78 Å². The zero-order valence-electron chi connectivity index (χ0n) is 11.2. The first-order valence-corrected chi connectivity index (χ1v) is 8.56. The van der Waals surface area contributed by atoms with Gasteiger partial charge in [-0.15, -0.1) is 0 Å². The lowest BCUT2D eigenvalue weighted by Crippen LogP contribution is -2.07. The van der Waals surface area contributed by atoms with E-state index >= 15 is 0 Å². The Hall–Kier alpha value is -0.600. The molecule has 0 unspecified atom stereocenters. The number of hydrogen-bond acceptors (Lipinski definition) is 3. The second-order valence-electron chi connectivity index (χ2n) is 4.12. The molecule has 0 fully saturated rings. The molecule has 110 valence electrons. The second kappa shape index (κ2) is 7.11. The molecule has 2 aromatic carbocycles. The summed E-state index contributed by atoms with van der Waals surface area (Å²) in [6.07, 6.45) is 0. The average Bonchev–Trinajstić information content (AvgIpc) is 2.48. The molecule has 2 rings (SSSR count). The number of benzene rings is 2. The molecule has 0 aliphatic heterocycles. The third-order valence-electron chi connectivity index (χ3n) is 2.90. The normalized spacial score (nSPS) is 10.3. The quantitative estimate of drug-likeness (QED) is 0.413. The van der Waals surface area contributed by atoms with E-state index in [1.807, 2.05) is 18.2 Å². The lowest BCUT2D eigenvalue weighted by Gasteiger charge is -2.13. The van der Waals surface area contributed by atoms with Gasteiger partial charge < -0.3 is 9.47 Å². The Morgan fingerprint density at radius 1 is 1.05 bits per heavy atom. The van der Waals surface area contributed by atoms with Gasteiger partial charge in [0.1, 0.15) is 16.0 Å². The summed E-state index contributed by atoms with van der Waals surface area (Å²) in [6, 6.07) is 9.05. The van der Waals surface area contributed by atoms with Gasteiger partial charge in [0.2, 0.25) is 0 Å². The van der Waals surface area contributed by atoms with Gasteiger partial charge in [-0.1, -0.05) is 15.9 Å². The summed E-state index contributed by atoms with van der Waals surface area (Å²) in [6.45, 7) is 0. The molecule has 0 aliphatic rings. The molecule has 0 aromatic heterocycles. The molecular formula is C15H11Br2IO3. The van der Waals surface area contributed by atoms with Crippen molar-refractivity contribution in [2.24, 2.45) is 0 Å². The highest BCUT2D eigenvalue weighted by atomic mass is 127. The summed E-state index contributed by atoms with van der Waals surface area (Å²) >= 11 is 8.95. The number of hydrogen-bond donors (Lipinski definition) is 0. The molecule has 21 heavy (non-hydrogen) atoms. The van der Waals surface area contributed by atoms with Crippen LogP contribution in [0.4, 0.5) is 0 Å². The minimum Gasteiger partial charge on any atom is -0.495 e. The van der Waals surface area contributed by atoms with Crippen LogP contribution in [0.15, 0.2) is 39.3 Å². The maximum atomic E-state index is 12.8. The molecule has 0 spiro atoms. The average molecular weight is 526 g/mol. The van der Waals surface area contributed by atoms with Crippen molar-refractivity contribution in [1.82, 2.24) is 0 Å². The Morgan fingerprint density at radius 3 is 2.38 bits per heavy atom. The van der Waals surface area contributed by atoms with Crippen molar-refractivity contribution in [2.75, 3.05) is 14.2 Å². The molecular weight excluding hydrogens is 515 g/mol. The summed E-state index contributed by atoms with van der Waals surface area (Å²) in [5.41, 5.74) is 1.11. The third kappa shape index (κ3) is 3.43. The second-order valence-corrected chi connectivity index (χ2v) is 6.99. The number of methoxy groups -OCH3 is 2. The summed E-state index contributed by atoms with van der Waals surface area (Å²) in [7, 11) is 3.10. The van der Waals surface area contributed by atoms with Crippen molar-refractivity contribution in [3.63, 3.8) is 0 Å². The lowest BCUT2D eigenvalue weighted by molar-refractivity contribution is 0.103. The van der Waals surface area contributed by atoms with E-state index in [0.717, 1.165) is 8.04 Å². The monoisotopic (exact) mass is 524 g/mol. The highest BCUT2D eigenvalue weighted by molar-refractivity contribution is 14.1. The molecule has 0 heterocycles. The number of carbonyl (C=O) groups is 1. The topological polar surface area (TPSA) is 35.5 Å². The van der Waals surface area contributed by atoms with Crippen LogP contribution < -0.4 is 9.47 Å². The number of ether oxygens (including phenoxy) is 2. The fourth-order valence-electron chi connectivity index (χ4n) is 1.89. The SMILES string of the molecule is COc1ccc(C(=O)c2cc(Br)ccc2I)c(OC)c1Br. The molecule has 0 amide bonds. The highest BCUT2D eigenvalue weighted by Crippen LogP contribution is 2.38. The standard InChI is InChI=1S/C15H11Br2IO3/c1-20-12-6-4-9(15(21-2)13(12)17)14(19)10-7-8(16)3-5-11(10)18/h3-7H,1-2H3. The van der Waals surface area contributed by atoms with Crippen LogP contribution in [0.1, 0.15) is 15.9 Å². The van der Waals surface area contributed by atoms with E-state index in [9.17, 15) is 4.79 Å². The molecule has 2 aromatic rings. The van der Waals surface area contributed by atoms with Gasteiger partial charge in [-0.25, -0.2) is 0 Å². The third-order valence-corrected chi connectivity index (χ3v) is 5.09. The predicted octanol–water partition coefficient (Wildman–Crippen LogP) is 5.06. The Kier molecular flexibility index (Phi) is 5.67. The summed E-state index contributed by atoms with van der Waals surface area (Å²) < 4.78 is 13.0. The van der Waals surface area contributed by atoms with Crippen molar-refractivity contribution in [3.8, 4) is 11.5 Å². The molecule has 3 nitrogen and oxygen atoms in total. The molecule has 0 bridgehead atoms. The molecule has 6 heteroatoms. The van der Waals surface area contributed by atoms with E-state index in [2.05, 4.69) is 54.5 Å². The van der Waals surface area contributed by atoms with Gasteiger partial charge in [-0.3, -0.25) is 4.79 Å². The van der Waals surface area contributed by atoms with Crippen LogP contribution in [-0.2, 0) is 0 Å². The van der Waals surface area contributed by atoms with Crippen LogP contribution in [0.25, 0.3) is 0 Å². The van der Waals surface area contributed by atoms with Gasteiger partial charge in [0.25, 0.3) is 0 Å². The fourth-order valence-corrected chi connectivity index (χ4v) is 3.50. The zero-order chi connectivity index (χ0) is 15.6. The van der Waals surface area contributed by atoms with Crippen LogP contribution in [0.2, 0.25) is 0 Å². The van der Waals surface area contributed by atoms with Crippen LogP contribution in [-0.4, -0.2) is 20.0 Å². The summed E-state index contributed by atoms with van der Waals surface area (Å²) in [5.74, 6) is 0.989. The first-order valence-electron chi connectivity index (χ1n) is 5.89. The number of ketones is 1. The predicted molar refractivity (Wildman–Crippen MR) is 97.5 cm³/mol. The van der Waals surface area contributed by atoms with Crippen molar-refractivity contribution < 1.29 is 14.3 Å². The molecule has 0 radical (unpaired) electrons. The van der Waals surface area contributed by atoms with E-state index in [4.69, 9.17) is 9.47 Å². The Bertz CT molecular complexity index is 702. The van der Waals surface area contributed by atoms with E-state index in [1.165, 1.54) is 7.11 Å². The molecule has 0 N–H and O–H groups in total. The maximum Gasteiger partial charge on any atom is 0.197 e. The maximum absolute atomic E-state index is 12.8. The van der Waals surface area contributed by atoms with Crippen molar-refractivity contribution in [3.05, 3.63) is 54.0 Å². The molecule has 0 aliphatic carbocycles. The number of rotatable bonds is 4. The van der Waals surface area contributed by atoms with E-state index in [0.29, 0.717) is 27.1 Å². The molecule has 0 atom stereocenters. The minimum absolute atomic E-state index is 0.0964. The highest BCUT2D eigenvalue weighted by Gasteiger charge is 2.21. The van der Waals surface area contributed by atoms with Gasteiger partial charge in [-0.05, 0) is 68.9 Å². The zero-order valence-corrected chi connectivity index (χ0v) is 16.6. The smallest absolute Gasteiger partial charge is 0.197 e. The van der Waals surface area contributed by atoms with Gasteiger partial charge >= 0.3 is 0 Å². The first-order chi connectivity index (χ1) is 9.99. The van der Waals surface area contributed by atoms with Crippen molar-refractivity contribution in [2.45, 2.75) is 0 Å². The molecule has 0 saturated carbocycles. The fraction of sp³-hybridized carbons (Fsp3) is 0.133. The van der Waals surface area contributed by atoms with Crippen molar-refractivity contribution in [1.29, 1.82) is 0 Å². The largest absolute Gasteiger partial charge is 0.495 e. The Morgan fingerprint density at radius 2 is 1.76 bits per heavy atom. The van der Waals surface area contributed by atoms with Gasteiger partial charge in [0.05, 0.1) is 19.8 Å². The van der Waals surface area contributed by atoms with Crippen LogP contribution in [0.3, 0.4) is 0 Å². The van der Waals surface area contributed by atoms with Crippen LogP contribution >= 0.6 is 54.5 Å². The summed E-state index contributed by atoms with van der Waals surface area (Å²) in [4.78, 5) is 12.8. The Labute approximate surface area is 153 Å². The Balaban J connectivity index is 2.58. The first kappa shape index (κ1) is 16.8. The van der Waals surface area contributed by atoms with Crippen LogP contribution in [0.5, 0.6) is 11.5 Å². The van der Waals surface area contributed by atoms with Gasteiger partial charge in [0.15, 0.2) is 5.78 Å². The molecule has 0 saturated heterocycles. The lowest BCUT2D eigenvalue weighted by atomic mass is 10.0. The minimum atomic E-state index is -0.0964. The summed E-state index contributed by atoms with van der Waals surface area (Å²) in [5, 5.41) is 0. The van der Waals surface area contributed by atoms with E-state index in [1.54, 1.807) is 19.2 Å². The number of carbonyl (C=O) groups excluding carboxylic acids is 1. The number of halogens is 3. The van der Waals surface area contributed by atoms with Gasteiger partial charge in [-0.2, -0.15) is 0 Å².